The number of rotatable bonds is 4. The van der Waals surface area contributed by atoms with Gasteiger partial charge in [0.05, 0.1) is 38.7 Å². The highest BCUT2D eigenvalue weighted by molar-refractivity contribution is 6.31. The van der Waals surface area contributed by atoms with E-state index in [9.17, 15) is 0 Å². The molecule has 8 aromatic carbocycles. The summed E-state index contributed by atoms with van der Waals surface area (Å²) >= 11 is 0. The third kappa shape index (κ3) is 4.35. The molecule has 4 aromatic heterocycles. The maximum Gasteiger partial charge on any atom is 0.160 e. The van der Waals surface area contributed by atoms with Crippen LogP contribution in [-0.4, -0.2) is 19.1 Å². The molecule has 5 heteroatoms. The Balaban J connectivity index is 1.19. The topological polar surface area (TPSA) is 48.8 Å². The molecule has 12 rings (SSSR count). The van der Waals surface area contributed by atoms with E-state index in [2.05, 4.69) is 173 Å². The smallest absolute Gasteiger partial charge is 0.160 e. The van der Waals surface area contributed by atoms with Crippen molar-refractivity contribution in [2.45, 2.75) is 0 Å². The first-order valence-electron chi connectivity index (χ1n) is 18.6. The monoisotopic (exact) mass is 702 g/mol. The SMILES string of the molecule is c1ccc(-c2nc(-c3cccc(-n4c5ccccc5c5ccc6c(c7ccc8oc9ccccc9c8c7n6-c6ccccc6)c54)c3)nc3ccccc23)cc1. The second-order valence-electron chi connectivity index (χ2n) is 14.1. The average molecular weight is 703 g/mol. The van der Waals surface area contributed by atoms with Crippen molar-refractivity contribution in [1.82, 2.24) is 19.1 Å². The van der Waals surface area contributed by atoms with Crippen LogP contribution in [0.4, 0.5) is 0 Å². The van der Waals surface area contributed by atoms with E-state index in [4.69, 9.17) is 14.4 Å². The highest BCUT2D eigenvalue weighted by Crippen LogP contribution is 2.45. The van der Waals surface area contributed by atoms with E-state index in [1.54, 1.807) is 0 Å². The van der Waals surface area contributed by atoms with Gasteiger partial charge < -0.3 is 13.6 Å². The largest absolute Gasteiger partial charge is 0.456 e. The van der Waals surface area contributed by atoms with Crippen molar-refractivity contribution in [2.75, 3.05) is 0 Å². The molecule has 0 bridgehead atoms. The Hall–Kier alpha value is -7.50. The van der Waals surface area contributed by atoms with Gasteiger partial charge in [-0.1, -0.05) is 121 Å². The summed E-state index contributed by atoms with van der Waals surface area (Å²) in [5, 5.41) is 8.03. The molecule has 0 saturated heterocycles. The molecule has 5 nitrogen and oxygen atoms in total. The maximum absolute atomic E-state index is 6.46. The van der Waals surface area contributed by atoms with Crippen LogP contribution in [0.3, 0.4) is 0 Å². The minimum Gasteiger partial charge on any atom is -0.456 e. The summed E-state index contributed by atoms with van der Waals surface area (Å²) < 4.78 is 11.3. The lowest BCUT2D eigenvalue weighted by Crippen LogP contribution is -1.98. The summed E-state index contributed by atoms with van der Waals surface area (Å²) in [5.74, 6) is 0.695. The lowest BCUT2D eigenvalue weighted by Gasteiger charge is -2.13. The van der Waals surface area contributed by atoms with Crippen molar-refractivity contribution in [1.29, 1.82) is 0 Å². The molecule has 0 radical (unpaired) electrons. The Morgan fingerprint density at radius 2 is 1.04 bits per heavy atom. The Morgan fingerprint density at radius 3 is 1.91 bits per heavy atom. The Morgan fingerprint density at radius 1 is 0.382 bits per heavy atom. The van der Waals surface area contributed by atoms with Crippen LogP contribution in [0, 0.1) is 0 Å². The second-order valence-corrected chi connectivity index (χ2v) is 14.1. The summed E-state index contributed by atoms with van der Waals surface area (Å²) in [4.78, 5) is 10.4. The highest BCUT2D eigenvalue weighted by atomic mass is 16.3. The number of aromatic nitrogens is 4. The summed E-state index contributed by atoms with van der Waals surface area (Å²) in [6, 6.07) is 64.1. The number of nitrogens with zero attached hydrogens (tertiary/aromatic N) is 4. The molecule has 0 amide bonds. The zero-order chi connectivity index (χ0) is 36.0. The first kappa shape index (κ1) is 30.0. The summed E-state index contributed by atoms with van der Waals surface area (Å²) in [5.41, 5.74) is 12.4. The van der Waals surface area contributed by atoms with Gasteiger partial charge in [-0.05, 0) is 60.7 Å². The van der Waals surface area contributed by atoms with Crippen LogP contribution >= 0.6 is 0 Å². The molecule has 4 heterocycles. The minimum atomic E-state index is 0.695. The van der Waals surface area contributed by atoms with Gasteiger partial charge in [-0.25, -0.2) is 9.97 Å². The molecular formula is C50H30N4O. The third-order valence-electron chi connectivity index (χ3n) is 11.1. The van der Waals surface area contributed by atoms with Gasteiger partial charge in [0, 0.05) is 54.8 Å². The number of para-hydroxylation sites is 4. The molecule has 0 saturated carbocycles. The van der Waals surface area contributed by atoms with Gasteiger partial charge in [0.15, 0.2) is 5.82 Å². The molecule has 0 atom stereocenters. The first-order chi connectivity index (χ1) is 27.3. The van der Waals surface area contributed by atoms with Gasteiger partial charge in [0.1, 0.15) is 11.2 Å². The molecule has 0 aliphatic heterocycles. The van der Waals surface area contributed by atoms with Gasteiger partial charge in [0.2, 0.25) is 0 Å². The molecule has 0 aliphatic rings. The number of benzene rings is 8. The lowest BCUT2D eigenvalue weighted by molar-refractivity contribution is 0.669. The Labute approximate surface area is 315 Å². The molecule has 0 N–H and O–H groups in total. The van der Waals surface area contributed by atoms with Crippen LogP contribution in [0.2, 0.25) is 0 Å². The summed E-state index contributed by atoms with van der Waals surface area (Å²) in [6.45, 7) is 0. The quantitative estimate of drug-likeness (QED) is 0.183. The van der Waals surface area contributed by atoms with E-state index in [1.807, 2.05) is 18.2 Å². The number of hydrogen-bond donors (Lipinski definition) is 0. The molecule has 256 valence electrons. The lowest BCUT2D eigenvalue weighted by atomic mass is 10.0. The second kappa shape index (κ2) is 11.5. The van der Waals surface area contributed by atoms with Gasteiger partial charge in [-0.2, -0.15) is 0 Å². The van der Waals surface area contributed by atoms with Crippen molar-refractivity contribution >= 4 is 76.5 Å². The molecule has 0 fully saturated rings. The van der Waals surface area contributed by atoms with Crippen molar-refractivity contribution < 1.29 is 4.42 Å². The van der Waals surface area contributed by atoms with Gasteiger partial charge in [-0.15, -0.1) is 0 Å². The van der Waals surface area contributed by atoms with Crippen LogP contribution < -0.4 is 0 Å². The van der Waals surface area contributed by atoms with Crippen LogP contribution in [-0.2, 0) is 0 Å². The standard InChI is InChI=1S/C50H30N4O/c1-3-14-31(15-4-1)47-37-21-7-10-23-40(37)51-50(52-47)32-16-13-19-34(30-32)54-41-24-11-8-20-35(41)36-26-28-42-45(48(36)54)39-27-29-44-46(38-22-9-12-25-43(38)55-44)49(39)53(42)33-17-5-2-6-18-33/h1-30H. The summed E-state index contributed by atoms with van der Waals surface area (Å²) in [6.07, 6.45) is 0. The molecule has 0 unspecified atom stereocenters. The average Bonchev–Trinajstić information content (AvgIpc) is 3.91. The highest BCUT2D eigenvalue weighted by Gasteiger charge is 2.24. The molecular weight excluding hydrogens is 673 g/mol. The Bertz CT molecular complexity index is 3480. The van der Waals surface area contributed by atoms with Gasteiger partial charge in [0.25, 0.3) is 0 Å². The normalized spacial score (nSPS) is 12.0. The van der Waals surface area contributed by atoms with Gasteiger partial charge in [-0.3, -0.25) is 0 Å². The first-order valence-corrected chi connectivity index (χ1v) is 18.6. The Kier molecular flexibility index (Phi) is 6.27. The van der Waals surface area contributed by atoms with E-state index in [1.165, 1.54) is 21.5 Å². The van der Waals surface area contributed by atoms with Crippen LogP contribution in [0.5, 0.6) is 0 Å². The zero-order valence-corrected chi connectivity index (χ0v) is 29.5. The molecule has 0 spiro atoms. The van der Waals surface area contributed by atoms with Crippen LogP contribution in [0.15, 0.2) is 186 Å². The van der Waals surface area contributed by atoms with Crippen LogP contribution in [0.1, 0.15) is 0 Å². The predicted molar refractivity (Wildman–Crippen MR) is 226 cm³/mol. The summed E-state index contributed by atoms with van der Waals surface area (Å²) in [7, 11) is 0. The zero-order valence-electron chi connectivity index (χ0n) is 29.5. The third-order valence-corrected chi connectivity index (χ3v) is 11.1. The van der Waals surface area contributed by atoms with Crippen molar-refractivity contribution in [2.24, 2.45) is 0 Å². The maximum atomic E-state index is 6.46. The fourth-order valence-electron chi connectivity index (χ4n) is 8.77. The number of hydrogen-bond acceptors (Lipinski definition) is 3. The van der Waals surface area contributed by atoms with Crippen molar-refractivity contribution in [3.05, 3.63) is 182 Å². The van der Waals surface area contributed by atoms with E-state index >= 15 is 0 Å². The van der Waals surface area contributed by atoms with Crippen LogP contribution in [0.25, 0.3) is 110 Å². The minimum absolute atomic E-state index is 0.695. The molecule has 12 aromatic rings. The predicted octanol–water partition coefficient (Wildman–Crippen LogP) is 13.1. The van der Waals surface area contributed by atoms with Crippen molar-refractivity contribution in [3.8, 4) is 34.0 Å². The van der Waals surface area contributed by atoms with E-state index in [0.717, 1.165) is 83.1 Å². The van der Waals surface area contributed by atoms with E-state index < -0.39 is 0 Å². The molecule has 0 aliphatic carbocycles. The van der Waals surface area contributed by atoms with E-state index in [-0.39, 0.29) is 0 Å². The van der Waals surface area contributed by atoms with E-state index in [0.29, 0.717) is 5.82 Å². The molecule has 55 heavy (non-hydrogen) atoms. The number of furan rings is 1. The number of fused-ring (bicyclic) bond motifs is 12. The fraction of sp³-hybridized carbons (Fsp3) is 0. The van der Waals surface area contributed by atoms with Gasteiger partial charge >= 0.3 is 0 Å². The fourth-order valence-corrected chi connectivity index (χ4v) is 8.77. The van der Waals surface area contributed by atoms with Crippen molar-refractivity contribution in [3.63, 3.8) is 0 Å².